The van der Waals surface area contributed by atoms with Crippen molar-refractivity contribution in [3.05, 3.63) is 35.4 Å². The summed E-state index contributed by atoms with van der Waals surface area (Å²) in [5, 5.41) is 6.61. The van der Waals surface area contributed by atoms with E-state index in [1.54, 1.807) is 0 Å². The summed E-state index contributed by atoms with van der Waals surface area (Å²) < 4.78 is 27.5. The van der Waals surface area contributed by atoms with Gasteiger partial charge in [-0.05, 0) is 78.8 Å². The third-order valence-corrected chi connectivity index (χ3v) is 6.60. The van der Waals surface area contributed by atoms with Crippen molar-refractivity contribution in [2.75, 3.05) is 46.3 Å². The number of guanidine groups is 1. The lowest BCUT2D eigenvalue weighted by atomic mass is 9.84. The number of halogens is 2. The van der Waals surface area contributed by atoms with Crippen molar-refractivity contribution in [2.24, 2.45) is 4.99 Å². The van der Waals surface area contributed by atoms with Crippen LogP contribution in [0.15, 0.2) is 23.2 Å². The van der Waals surface area contributed by atoms with E-state index < -0.39 is 11.6 Å². The van der Waals surface area contributed by atoms with Crippen molar-refractivity contribution in [1.29, 1.82) is 0 Å². The quantitative estimate of drug-likeness (QED) is 0.545. The van der Waals surface area contributed by atoms with Crippen molar-refractivity contribution >= 4 is 5.96 Å². The van der Waals surface area contributed by atoms with Crippen LogP contribution in [0, 0.1) is 11.6 Å². The van der Waals surface area contributed by atoms with Gasteiger partial charge < -0.3 is 15.5 Å². The SMILES string of the molecule is CCNC(=NCC1(N2CCCCC2)CCN(C)CC1)NC(C)c1ccc(F)cc1F. The Bertz CT molecular complexity index is 710. The normalized spacial score (nSPS) is 22.0. The van der Waals surface area contributed by atoms with Crippen LogP contribution in [-0.2, 0) is 0 Å². The average molecular weight is 422 g/mol. The van der Waals surface area contributed by atoms with Gasteiger partial charge in [-0.3, -0.25) is 9.89 Å². The van der Waals surface area contributed by atoms with Crippen LogP contribution >= 0.6 is 0 Å². The van der Waals surface area contributed by atoms with Crippen molar-refractivity contribution in [1.82, 2.24) is 20.4 Å². The van der Waals surface area contributed by atoms with E-state index in [2.05, 4.69) is 27.5 Å². The highest BCUT2D eigenvalue weighted by Crippen LogP contribution is 2.31. The number of piperidine rings is 2. The Morgan fingerprint density at radius 2 is 1.83 bits per heavy atom. The smallest absolute Gasteiger partial charge is 0.191 e. The lowest BCUT2D eigenvalue weighted by Crippen LogP contribution is -2.58. The van der Waals surface area contributed by atoms with Crippen LogP contribution in [0.2, 0.25) is 0 Å². The van der Waals surface area contributed by atoms with E-state index >= 15 is 0 Å². The van der Waals surface area contributed by atoms with E-state index in [-0.39, 0.29) is 11.6 Å². The highest BCUT2D eigenvalue weighted by molar-refractivity contribution is 5.80. The molecule has 0 amide bonds. The van der Waals surface area contributed by atoms with E-state index in [9.17, 15) is 8.78 Å². The number of nitrogens with zero attached hydrogens (tertiary/aromatic N) is 3. The van der Waals surface area contributed by atoms with Gasteiger partial charge in [0.15, 0.2) is 5.96 Å². The van der Waals surface area contributed by atoms with Crippen molar-refractivity contribution in [3.8, 4) is 0 Å². The predicted octanol–water partition coefficient (Wildman–Crippen LogP) is 3.53. The molecule has 168 valence electrons. The monoisotopic (exact) mass is 421 g/mol. The van der Waals surface area contributed by atoms with Crippen LogP contribution < -0.4 is 10.6 Å². The Balaban J connectivity index is 1.75. The summed E-state index contributed by atoms with van der Waals surface area (Å²) in [5.74, 6) is -0.412. The van der Waals surface area contributed by atoms with E-state index in [1.807, 2.05) is 13.8 Å². The van der Waals surface area contributed by atoms with Gasteiger partial charge >= 0.3 is 0 Å². The van der Waals surface area contributed by atoms with Crippen LogP contribution in [0.3, 0.4) is 0 Å². The minimum Gasteiger partial charge on any atom is -0.357 e. The molecule has 30 heavy (non-hydrogen) atoms. The lowest BCUT2D eigenvalue weighted by Gasteiger charge is -2.49. The number of rotatable bonds is 6. The molecule has 7 heteroatoms. The summed E-state index contributed by atoms with van der Waals surface area (Å²) in [5.41, 5.74) is 0.534. The zero-order chi connectivity index (χ0) is 21.6. The number of hydrogen-bond donors (Lipinski definition) is 2. The van der Waals surface area contributed by atoms with Gasteiger partial charge in [0, 0.05) is 23.7 Å². The minimum absolute atomic E-state index is 0.0969. The van der Waals surface area contributed by atoms with Crippen molar-refractivity contribution in [2.45, 2.75) is 57.5 Å². The van der Waals surface area contributed by atoms with Crippen LogP contribution in [0.5, 0.6) is 0 Å². The fourth-order valence-electron chi connectivity index (χ4n) is 4.66. The largest absolute Gasteiger partial charge is 0.357 e. The molecule has 0 spiro atoms. The second-order valence-corrected chi connectivity index (χ2v) is 8.80. The van der Waals surface area contributed by atoms with Gasteiger partial charge in [0.05, 0.1) is 12.6 Å². The van der Waals surface area contributed by atoms with Crippen LogP contribution in [0.4, 0.5) is 8.78 Å². The van der Waals surface area contributed by atoms with Gasteiger partial charge in [0.1, 0.15) is 11.6 Å². The van der Waals surface area contributed by atoms with Crippen LogP contribution in [-0.4, -0.2) is 67.6 Å². The molecule has 2 aliphatic rings. The molecule has 1 atom stereocenters. The van der Waals surface area contributed by atoms with E-state index in [0.29, 0.717) is 11.5 Å². The molecule has 2 aliphatic heterocycles. The summed E-state index contributed by atoms with van der Waals surface area (Å²) in [6.07, 6.45) is 6.09. The molecule has 1 unspecified atom stereocenters. The second kappa shape index (κ2) is 10.5. The zero-order valence-electron chi connectivity index (χ0n) is 18.7. The topological polar surface area (TPSA) is 42.9 Å². The minimum atomic E-state index is -0.560. The molecule has 0 aromatic heterocycles. The number of hydrogen-bond acceptors (Lipinski definition) is 3. The summed E-state index contributed by atoms with van der Waals surface area (Å²) in [6, 6.07) is 3.41. The molecule has 2 fully saturated rings. The molecule has 2 heterocycles. The van der Waals surface area contributed by atoms with Gasteiger partial charge in [0.25, 0.3) is 0 Å². The van der Waals surface area contributed by atoms with E-state index in [4.69, 9.17) is 4.99 Å². The third kappa shape index (κ3) is 5.70. The molecule has 0 aliphatic carbocycles. The first-order valence-electron chi connectivity index (χ1n) is 11.4. The predicted molar refractivity (Wildman–Crippen MR) is 119 cm³/mol. The third-order valence-electron chi connectivity index (χ3n) is 6.60. The molecular weight excluding hydrogens is 384 g/mol. The number of aliphatic imine (C=N–C) groups is 1. The second-order valence-electron chi connectivity index (χ2n) is 8.80. The van der Waals surface area contributed by atoms with Gasteiger partial charge in [-0.1, -0.05) is 12.5 Å². The zero-order valence-corrected chi connectivity index (χ0v) is 18.7. The Labute approximate surface area is 179 Å². The van der Waals surface area contributed by atoms with E-state index in [1.165, 1.54) is 31.4 Å². The molecule has 1 aromatic rings. The summed E-state index contributed by atoms with van der Waals surface area (Å²) >= 11 is 0. The Morgan fingerprint density at radius 1 is 1.13 bits per heavy atom. The van der Waals surface area contributed by atoms with Gasteiger partial charge in [-0.2, -0.15) is 0 Å². The molecule has 0 bridgehead atoms. The molecule has 2 saturated heterocycles. The molecule has 0 saturated carbocycles. The fraction of sp³-hybridized carbons (Fsp3) is 0.696. The Hall–Kier alpha value is -1.73. The average Bonchev–Trinajstić information content (AvgIpc) is 2.74. The maximum Gasteiger partial charge on any atom is 0.191 e. The van der Waals surface area contributed by atoms with Crippen LogP contribution in [0.1, 0.15) is 57.6 Å². The van der Waals surface area contributed by atoms with Crippen molar-refractivity contribution < 1.29 is 8.78 Å². The van der Waals surface area contributed by atoms with Gasteiger partial charge in [-0.25, -0.2) is 8.78 Å². The number of nitrogens with one attached hydrogen (secondary N) is 2. The number of benzene rings is 1. The standard InChI is InChI=1S/C23H37F2N5/c1-4-26-22(28-18(2)20-9-8-19(24)16-21(20)25)27-17-23(10-14-29(3)15-11-23)30-12-6-5-7-13-30/h8-9,16,18H,4-7,10-15,17H2,1-3H3,(H2,26,27,28). The maximum absolute atomic E-state index is 14.2. The molecular formula is C23H37F2N5. The molecule has 1 aromatic carbocycles. The van der Waals surface area contributed by atoms with Gasteiger partial charge in [-0.15, -0.1) is 0 Å². The summed E-state index contributed by atoms with van der Waals surface area (Å²) in [6.45, 7) is 9.84. The summed E-state index contributed by atoms with van der Waals surface area (Å²) in [7, 11) is 2.19. The first kappa shape index (κ1) is 22.9. The molecule has 2 N–H and O–H groups in total. The molecule has 3 rings (SSSR count). The molecule has 0 radical (unpaired) electrons. The fourth-order valence-corrected chi connectivity index (χ4v) is 4.66. The Morgan fingerprint density at radius 3 is 2.47 bits per heavy atom. The highest BCUT2D eigenvalue weighted by Gasteiger charge is 2.39. The van der Waals surface area contributed by atoms with Gasteiger partial charge in [0.2, 0.25) is 0 Å². The Kier molecular flexibility index (Phi) is 8.06. The highest BCUT2D eigenvalue weighted by atomic mass is 19.1. The lowest BCUT2D eigenvalue weighted by molar-refractivity contribution is 0.0208. The number of likely N-dealkylation sites (tertiary alicyclic amines) is 2. The first-order valence-corrected chi connectivity index (χ1v) is 11.4. The van der Waals surface area contributed by atoms with E-state index in [0.717, 1.165) is 58.2 Å². The first-order chi connectivity index (χ1) is 14.4. The maximum atomic E-state index is 14.2. The summed E-state index contributed by atoms with van der Waals surface area (Å²) in [4.78, 5) is 10.0. The van der Waals surface area contributed by atoms with Crippen LogP contribution in [0.25, 0.3) is 0 Å². The molecule has 5 nitrogen and oxygen atoms in total. The van der Waals surface area contributed by atoms with Crippen molar-refractivity contribution in [3.63, 3.8) is 0 Å².